The fraction of sp³-hybridized carbons (Fsp3) is 0.0714. The Labute approximate surface area is 112 Å². The van der Waals surface area contributed by atoms with E-state index in [-0.39, 0.29) is 5.69 Å². The summed E-state index contributed by atoms with van der Waals surface area (Å²) in [5, 5.41) is 11.8. The first-order valence-electron chi connectivity index (χ1n) is 5.60. The van der Waals surface area contributed by atoms with Gasteiger partial charge in [-0.25, -0.2) is 4.39 Å². The SMILES string of the molecule is [O-][N+](=Cc1ccc(F)cc1)c1cccc(C(F)(F)F)c1. The predicted molar refractivity (Wildman–Crippen MR) is 66.3 cm³/mol. The molecule has 0 heterocycles. The normalized spacial score (nSPS) is 12.5. The highest BCUT2D eigenvalue weighted by Crippen LogP contribution is 2.31. The Bertz CT molecular complexity index is 632. The van der Waals surface area contributed by atoms with Gasteiger partial charge < -0.3 is 5.21 Å². The minimum atomic E-state index is -4.51. The van der Waals surface area contributed by atoms with E-state index in [1.165, 1.54) is 18.2 Å². The van der Waals surface area contributed by atoms with E-state index in [4.69, 9.17) is 0 Å². The molecule has 0 spiro atoms. The van der Waals surface area contributed by atoms with Gasteiger partial charge in [-0.3, -0.25) is 0 Å². The van der Waals surface area contributed by atoms with Crippen LogP contribution in [0.3, 0.4) is 0 Å². The molecule has 6 heteroatoms. The highest BCUT2D eigenvalue weighted by atomic mass is 19.4. The number of halogens is 4. The van der Waals surface area contributed by atoms with Gasteiger partial charge in [-0.05, 0) is 30.3 Å². The fourth-order valence-corrected chi connectivity index (χ4v) is 1.58. The molecule has 2 aromatic rings. The van der Waals surface area contributed by atoms with Crippen LogP contribution < -0.4 is 0 Å². The topological polar surface area (TPSA) is 26.1 Å². The molecule has 0 aliphatic heterocycles. The summed E-state index contributed by atoms with van der Waals surface area (Å²) in [7, 11) is 0. The Morgan fingerprint density at radius 1 is 1.00 bits per heavy atom. The lowest BCUT2D eigenvalue weighted by molar-refractivity contribution is -0.354. The van der Waals surface area contributed by atoms with E-state index in [9.17, 15) is 22.8 Å². The van der Waals surface area contributed by atoms with Crippen molar-refractivity contribution in [3.05, 3.63) is 70.7 Å². The zero-order valence-electron chi connectivity index (χ0n) is 10.1. The Morgan fingerprint density at radius 2 is 1.65 bits per heavy atom. The van der Waals surface area contributed by atoms with Gasteiger partial charge >= 0.3 is 6.18 Å². The lowest BCUT2D eigenvalue weighted by Crippen LogP contribution is -2.06. The Hall–Kier alpha value is -2.37. The van der Waals surface area contributed by atoms with Crippen molar-refractivity contribution >= 4 is 11.9 Å². The Balaban J connectivity index is 2.33. The molecule has 0 N–H and O–H groups in total. The zero-order valence-corrected chi connectivity index (χ0v) is 10.1. The highest BCUT2D eigenvalue weighted by molar-refractivity contribution is 5.76. The largest absolute Gasteiger partial charge is 0.618 e. The molecule has 0 fully saturated rings. The molecule has 0 bridgehead atoms. The van der Waals surface area contributed by atoms with Crippen LogP contribution in [0.5, 0.6) is 0 Å². The summed E-state index contributed by atoms with van der Waals surface area (Å²) in [5.74, 6) is -0.460. The number of hydrogen-bond donors (Lipinski definition) is 0. The van der Waals surface area contributed by atoms with Crippen molar-refractivity contribution in [2.75, 3.05) is 0 Å². The van der Waals surface area contributed by atoms with Crippen LogP contribution in [0.2, 0.25) is 0 Å². The third-order valence-electron chi connectivity index (χ3n) is 2.56. The van der Waals surface area contributed by atoms with Gasteiger partial charge in [0.25, 0.3) is 0 Å². The van der Waals surface area contributed by atoms with Crippen LogP contribution in [0.15, 0.2) is 48.5 Å². The van der Waals surface area contributed by atoms with Gasteiger partial charge in [0, 0.05) is 17.7 Å². The van der Waals surface area contributed by atoms with Crippen LogP contribution in [-0.4, -0.2) is 11.0 Å². The monoisotopic (exact) mass is 283 g/mol. The maximum Gasteiger partial charge on any atom is 0.416 e. The number of alkyl halides is 3. The van der Waals surface area contributed by atoms with Crippen LogP contribution in [0, 0.1) is 11.0 Å². The molecule has 0 saturated carbocycles. The standard InChI is InChI=1S/C14H9F4NO/c15-12-6-4-10(5-7-12)9-19(20)13-3-1-2-11(8-13)14(16,17)18/h1-9H. The summed E-state index contributed by atoms with van der Waals surface area (Å²) in [6.07, 6.45) is -3.43. The third kappa shape index (κ3) is 3.34. The molecule has 0 unspecified atom stereocenters. The van der Waals surface area contributed by atoms with Crippen LogP contribution in [0.25, 0.3) is 0 Å². The summed E-state index contributed by atoms with van der Waals surface area (Å²) in [6.45, 7) is 0. The minimum absolute atomic E-state index is 0.149. The fourth-order valence-electron chi connectivity index (χ4n) is 1.58. The second kappa shape index (κ2) is 5.32. The number of benzene rings is 2. The summed E-state index contributed by atoms with van der Waals surface area (Å²) in [5.41, 5.74) is -0.661. The van der Waals surface area contributed by atoms with Gasteiger partial charge in [0.1, 0.15) is 5.82 Å². The third-order valence-corrected chi connectivity index (χ3v) is 2.56. The summed E-state index contributed by atoms with van der Waals surface area (Å²) in [4.78, 5) is 0. The van der Waals surface area contributed by atoms with E-state index in [1.807, 2.05) is 0 Å². The molecule has 2 rings (SSSR count). The zero-order chi connectivity index (χ0) is 14.8. The molecule has 0 amide bonds. The van der Waals surface area contributed by atoms with E-state index in [1.54, 1.807) is 0 Å². The van der Waals surface area contributed by atoms with Crippen molar-refractivity contribution in [1.29, 1.82) is 0 Å². The molecular weight excluding hydrogens is 274 g/mol. The van der Waals surface area contributed by atoms with Crippen molar-refractivity contribution in [1.82, 2.24) is 0 Å². The second-order valence-electron chi connectivity index (χ2n) is 4.05. The average molecular weight is 283 g/mol. The first kappa shape index (κ1) is 14.0. The van der Waals surface area contributed by atoms with Crippen molar-refractivity contribution < 1.29 is 22.3 Å². The maximum atomic E-state index is 12.7. The Kier molecular flexibility index (Phi) is 3.74. The molecule has 0 aliphatic rings. The van der Waals surface area contributed by atoms with Gasteiger partial charge in [0.15, 0.2) is 6.21 Å². The van der Waals surface area contributed by atoms with E-state index in [0.717, 1.165) is 36.5 Å². The molecule has 0 atom stereocenters. The van der Waals surface area contributed by atoms with E-state index in [0.29, 0.717) is 10.3 Å². The minimum Gasteiger partial charge on any atom is -0.618 e. The molecule has 0 aromatic heterocycles. The summed E-state index contributed by atoms with van der Waals surface area (Å²) < 4.78 is 50.6. The van der Waals surface area contributed by atoms with Crippen LogP contribution in [0.4, 0.5) is 23.2 Å². The maximum absolute atomic E-state index is 12.7. The molecule has 2 aromatic carbocycles. The van der Waals surface area contributed by atoms with Crippen molar-refractivity contribution in [3.63, 3.8) is 0 Å². The van der Waals surface area contributed by atoms with E-state index < -0.39 is 17.6 Å². The van der Waals surface area contributed by atoms with Crippen LogP contribution in [-0.2, 0) is 6.18 Å². The molecule has 0 radical (unpaired) electrons. The molecular formula is C14H9F4NO. The number of nitrogens with zero attached hydrogens (tertiary/aromatic N) is 1. The van der Waals surface area contributed by atoms with Gasteiger partial charge in [0.05, 0.1) is 5.56 Å². The molecule has 2 nitrogen and oxygen atoms in total. The van der Waals surface area contributed by atoms with Crippen molar-refractivity contribution in [2.45, 2.75) is 6.18 Å². The molecule has 104 valence electrons. The Morgan fingerprint density at radius 3 is 2.25 bits per heavy atom. The number of hydrogen-bond acceptors (Lipinski definition) is 1. The van der Waals surface area contributed by atoms with E-state index >= 15 is 0 Å². The van der Waals surface area contributed by atoms with Gasteiger partial charge in [-0.2, -0.15) is 17.9 Å². The smallest absolute Gasteiger partial charge is 0.416 e. The number of rotatable bonds is 2. The summed E-state index contributed by atoms with van der Waals surface area (Å²) >= 11 is 0. The van der Waals surface area contributed by atoms with Gasteiger partial charge in [-0.15, -0.1) is 0 Å². The van der Waals surface area contributed by atoms with Crippen LogP contribution in [0.1, 0.15) is 11.1 Å². The average Bonchev–Trinajstić information content (AvgIpc) is 2.40. The van der Waals surface area contributed by atoms with Gasteiger partial charge in [-0.1, -0.05) is 6.07 Å². The van der Waals surface area contributed by atoms with Crippen molar-refractivity contribution in [3.8, 4) is 0 Å². The first-order valence-corrected chi connectivity index (χ1v) is 5.60. The lowest BCUT2D eigenvalue weighted by Gasteiger charge is -2.08. The quantitative estimate of drug-likeness (QED) is 0.268. The van der Waals surface area contributed by atoms with Crippen LogP contribution >= 0.6 is 0 Å². The van der Waals surface area contributed by atoms with Gasteiger partial charge in [0.2, 0.25) is 5.69 Å². The molecule has 0 saturated heterocycles. The molecule has 20 heavy (non-hydrogen) atoms. The molecule has 0 aliphatic carbocycles. The second-order valence-corrected chi connectivity index (χ2v) is 4.05. The first-order chi connectivity index (χ1) is 9.36. The van der Waals surface area contributed by atoms with E-state index in [2.05, 4.69) is 0 Å². The highest BCUT2D eigenvalue weighted by Gasteiger charge is 2.31. The summed E-state index contributed by atoms with van der Waals surface area (Å²) in [6, 6.07) is 9.09. The predicted octanol–water partition coefficient (Wildman–Crippen LogP) is 4.11. The van der Waals surface area contributed by atoms with Crippen molar-refractivity contribution in [2.24, 2.45) is 0 Å². The lowest BCUT2D eigenvalue weighted by atomic mass is 10.2.